The van der Waals surface area contributed by atoms with Crippen LogP contribution in [-0.2, 0) is 14.8 Å². The molecule has 1 aliphatic rings. The second kappa shape index (κ2) is 10.4. The van der Waals surface area contributed by atoms with Crippen LogP contribution in [0.25, 0.3) is 0 Å². The Morgan fingerprint density at radius 3 is 2.34 bits per heavy atom. The highest BCUT2D eigenvalue weighted by Gasteiger charge is 2.28. The Morgan fingerprint density at radius 1 is 1.12 bits per heavy atom. The van der Waals surface area contributed by atoms with Gasteiger partial charge in [0.2, 0.25) is 15.9 Å². The van der Waals surface area contributed by atoms with Crippen LogP contribution in [0.3, 0.4) is 0 Å². The molecule has 10 heteroatoms. The number of benzene rings is 2. The molecule has 8 nitrogen and oxygen atoms in total. The smallest absolute Gasteiger partial charge is 0.241 e. The van der Waals surface area contributed by atoms with Crippen molar-refractivity contribution in [1.29, 1.82) is 0 Å². The number of piperazine rings is 1. The van der Waals surface area contributed by atoms with Gasteiger partial charge in [-0.2, -0.15) is 4.72 Å². The molecule has 1 aliphatic heterocycles. The van der Waals surface area contributed by atoms with E-state index in [1.807, 2.05) is 31.2 Å². The molecule has 1 amide bonds. The average Bonchev–Trinajstić information content (AvgIpc) is 2.80. The van der Waals surface area contributed by atoms with Gasteiger partial charge in [0, 0.05) is 31.9 Å². The van der Waals surface area contributed by atoms with Gasteiger partial charge in [0.1, 0.15) is 11.5 Å². The van der Waals surface area contributed by atoms with Crippen molar-refractivity contribution in [2.75, 3.05) is 44.8 Å². The van der Waals surface area contributed by atoms with E-state index in [9.17, 15) is 13.2 Å². The largest absolute Gasteiger partial charge is 0.497 e. The fourth-order valence-electron chi connectivity index (χ4n) is 3.52. The van der Waals surface area contributed by atoms with Gasteiger partial charge in [0.15, 0.2) is 0 Å². The van der Waals surface area contributed by atoms with Gasteiger partial charge in [-0.05, 0) is 56.3 Å². The summed E-state index contributed by atoms with van der Waals surface area (Å²) in [6, 6.07) is 11.1. The van der Waals surface area contributed by atoms with Crippen LogP contribution in [0, 0.1) is 0 Å². The van der Waals surface area contributed by atoms with Crippen LogP contribution in [-0.4, -0.2) is 65.2 Å². The molecular formula is C22H28ClN3O5S. The zero-order valence-electron chi connectivity index (χ0n) is 18.4. The van der Waals surface area contributed by atoms with Gasteiger partial charge in [-0.1, -0.05) is 11.6 Å². The fourth-order valence-corrected chi connectivity index (χ4v) is 5.05. The number of ether oxygens (including phenoxy) is 2. The van der Waals surface area contributed by atoms with Gasteiger partial charge in [-0.15, -0.1) is 0 Å². The number of amides is 1. The zero-order chi connectivity index (χ0) is 23.3. The van der Waals surface area contributed by atoms with Crippen LogP contribution in [0.1, 0.15) is 13.8 Å². The lowest BCUT2D eigenvalue weighted by atomic mass is 10.2. The quantitative estimate of drug-likeness (QED) is 0.623. The number of methoxy groups -OCH3 is 1. The molecule has 174 valence electrons. The van der Waals surface area contributed by atoms with E-state index in [-0.39, 0.29) is 15.8 Å². The number of halogens is 1. The molecule has 1 heterocycles. The molecule has 0 saturated carbocycles. The highest BCUT2D eigenvalue weighted by atomic mass is 35.5. The molecule has 0 bridgehead atoms. The Balaban J connectivity index is 1.59. The monoisotopic (exact) mass is 481 g/mol. The van der Waals surface area contributed by atoms with E-state index in [2.05, 4.69) is 9.62 Å². The predicted molar refractivity (Wildman–Crippen MR) is 124 cm³/mol. The maximum absolute atomic E-state index is 12.9. The molecule has 0 spiro atoms. The number of anilines is 1. The van der Waals surface area contributed by atoms with Crippen molar-refractivity contribution in [1.82, 2.24) is 9.62 Å². The van der Waals surface area contributed by atoms with Gasteiger partial charge in [-0.25, -0.2) is 8.42 Å². The first-order chi connectivity index (χ1) is 15.2. The lowest BCUT2D eigenvalue weighted by molar-refractivity contribution is -0.132. The van der Waals surface area contributed by atoms with Gasteiger partial charge >= 0.3 is 0 Å². The van der Waals surface area contributed by atoms with Crippen molar-refractivity contribution >= 4 is 33.2 Å². The molecule has 2 aromatic rings. The molecule has 0 aliphatic carbocycles. The number of nitrogens with zero attached hydrogens (tertiary/aromatic N) is 2. The van der Waals surface area contributed by atoms with Crippen molar-refractivity contribution in [2.45, 2.75) is 24.8 Å². The lowest BCUT2D eigenvalue weighted by Crippen LogP contribution is -2.54. The highest BCUT2D eigenvalue weighted by Crippen LogP contribution is 2.27. The lowest BCUT2D eigenvalue weighted by Gasteiger charge is -2.37. The maximum Gasteiger partial charge on any atom is 0.241 e. The molecule has 0 aromatic heterocycles. The first-order valence-electron chi connectivity index (χ1n) is 10.4. The van der Waals surface area contributed by atoms with Gasteiger partial charge < -0.3 is 19.3 Å². The molecule has 3 rings (SSSR count). The van der Waals surface area contributed by atoms with Crippen LogP contribution in [0.15, 0.2) is 47.4 Å². The van der Waals surface area contributed by atoms with Crippen molar-refractivity contribution in [3.05, 3.63) is 47.5 Å². The summed E-state index contributed by atoms with van der Waals surface area (Å²) < 4.78 is 38.5. The van der Waals surface area contributed by atoms with E-state index in [1.54, 1.807) is 18.9 Å². The van der Waals surface area contributed by atoms with Crippen molar-refractivity contribution in [3.63, 3.8) is 0 Å². The van der Waals surface area contributed by atoms with E-state index in [1.165, 1.54) is 18.2 Å². The molecule has 1 fully saturated rings. The summed E-state index contributed by atoms with van der Waals surface area (Å²) in [4.78, 5) is 16.7. The number of rotatable bonds is 8. The topological polar surface area (TPSA) is 88.2 Å². The van der Waals surface area contributed by atoms with Crippen LogP contribution < -0.4 is 19.1 Å². The second-order valence-corrected chi connectivity index (χ2v) is 9.50. The summed E-state index contributed by atoms with van der Waals surface area (Å²) in [5.41, 5.74) is 1.05. The molecular weight excluding hydrogens is 454 g/mol. The molecule has 2 aromatic carbocycles. The first kappa shape index (κ1) is 24.2. The van der Waals surface area contributed by atoms with Gasteiger partial charge in [0.05, 0.1) is 29.7 Å². The van der Waals surface area contributed by atoms with E-state index >= 15 is 0 Å². The van der Waals surface area contributed by atoms with Gasteiger partial charge in [0.25, 0.3) is 0 Å². The normalized spacial score (nSPS) is 15.4. The fraction of sp³-hybridized carbons (Fsp3) is 0.409. The minimum Gasteiger partial charge on any atom is -0.497 e. The third-order valence-corrected chi connectivity index (χ3v) is 7.08. The van der Waals surface area contributed by atoms with Crippen molar-refractivity contribution < 1.29 is 22.7 Å². The number of carbonyl (C=O) groups is 1. The Labute approximate surface area is 194 Å². The second-order valence-electron chi connectivity index (χ2n) is 7.38. The average molecular weight is 482 g/mol. The number of hydrogen-bond acceptors (Lipinski definition) is 6. The van der Waals surface area contributed by atoms with Crippen LogP contribution in [0.5, 0.6) is 11.5 Å². The van der Waals surface area contributed by atoms with Crippen molar-refractivity contribution in [2.24, 2.45) is 0 Å². The SMILES string of the molecule is CCOc1ccc(S(=O)(=O)N[C@H](C)C(=O)N2CCN(c3ccc(OC)cc3)CC2)cc1Cl. The highest BCUT2D eigenvalue weighted by molar-refractivity contribution is 7.89. The first-order valence-corrected chi connectivity index (χ1v) is 12.2. The van der Waals surface area contributed by atoms with Crippen molar-refractivity contribution in [3.8, 4) is 11.5 Å². The molecule has 1 saturated heterocycles. The van der Waals surface area contributed by atoms with E-state index in [0.29, 0.717) is 38.5 Å². The number of sulfonamides is 1. The Hall–Kier alpha value is -2.49. The molecule has 32 heavy (non-hydrogen) atoms. The molecule has 1 N–H and O–H groups in total. The molecule has 0 unspecified atom stereocenters. The minimum absolute atomic E-state index is 0.0186. The summed E-state index contributed by atoms with van der Waals surface area (Å²) in [7, 11) is -2.29. The van der Waals surface area contributed by atoms with E-state index < -0.39 is 16.1 Å². The number of hydrogen-bond donors (Lipinski definition) is 1. The Kier molecular flexibility index (Phi) is 7.86. The van der Waals surface area contributed by atoms with Crippen LogP contribution in [0.2, 0.25) is 5.02 Å². The maximum atomic E-state index is 12.9. The third kappa shape index (κ3) is 5.65. The zero-order valence-corrected chi connectivity index (χ0v) is 19.9. The summed E-state index contributed by atoms with van der Waals surface area (Å²) in [5, 5.41) is 0.198. The minimum atomic E-state index is -3.92. The predicted octanol–water partition coefficient (Wildman–Crippen LogP) is 2.76. The summed E-state index contributed by atoms with van der Waals surface area (Å²) in [5.74, 6) is 0.935. The van der Waals surface area contributed by atoms with Gasteiger partial charge in [-0.3, -0.25) is 4.79 Å². The van der Waals surface area contributed by atoms with E-state index in [4.69, 9.17) is 21.1 Å². The van der Waals surface area contributed by atoms with Crippen LogP contribution in [0.4, 0.5) is 5.69 Å². The molecule has 0 radical (unpaired) electrons. The Bertz CT molecular complexity index is 1040. The molecule has 1 atom stereocenters. The third-order valence-electron chi connectivity index (χ3n) is 5.24. The standard InChI is InChI=1S/C22H28ClN3O5S/c1-4-31-21-10-9-19(15-20(21)23)32(28,29)24-16(2)22(27)26-13-11-25(12-14-26)17-5-7-18(30-3)8-6-17/h5-10,15-16,24H,4,11-14H2,1-3H3/t16-/m1/s1. The van der Waals surface area contributed by atoms with E-state index in [0.717, 1.165) is 11.4 Å². The summed E-state index contributed by atoms with van der Waals surface area (Å²) in [6.45, 7) is 6.11. The summed E-state index contributed by atoms with van der Waals surface area (Å²) in [6.07, 6.45) is 0. The summed E-state index contributed by atoms with van der Waals surface area (Å²) >= 11 is 6.11. The Morgan fingerprint density at radius 2 is 1.78 bits per heavy atom. The number of carbonyl (C=O) groups excluding carboxylic acids is 1. The number of nitrogens with one attached hydrogen (secondary N) is 1. The van der Waals surface area contributed by atoms with Crippen LogP contribution >= 0.6 is 11.6 Å².